The standard InChI is InChI=1S/C16H17NO3/c1-12-3-5-13(6-4-12)11-20-15-8-7-14(10-17-18)9-16(15)19-2/h3-10,18H,11H2,1-2H3/b17-10-. The Hall–Kier alpha value is -2.49. The van der Waals surface area contributed by atoms with Gasteiger partial charge in [0.25, 0.3) is 0 Å². The summed E-state index contributed by atoms with van der Waals surface area (Å²) in [7, 11) is 1.58. The van der Waals surface area contributed by atoms with Gasteiger partial charge < -0.3 is 14.7 Å². The Morgan fingerprint density at radius 3 is 2.50 bits per heavy atom. The molecule has 1 N–H and O–H groups in total. The highest BCUT2D eigenvalue weighted by molar-refractivity contribution is 5.80. The number of nitrogens with zero attached hydrogens (tertiary/aromatic N) is 1. The number of benzene rings is 2. The maximum atomic E-state index is 8.52. The minimum atomic E-state index is 0.476. The van der Waals surface area contributed by atoms with E-state index in [2.05, 4.69) is 24.2 Å². The topological polar surface area (TPSA) is 51.0 Å². The third-order valence-corrected chi connectivity index (χ3v) is 2.91. The van der Waals surface area contributed by atoms with E-state index >= 15 is 0 Å². The van der Waals surface area contributed by atoms with Crippen molar-refractivity contribution in [2.45, 2.75) is 13.5 Å². The van der Waals surface area contributed by atoms with Crippen LogP contribution < -0.4 is 9.47 Å². The molecule has 0 atom stereocenters. The number of oxime groups is 1. The summed E-state index contributed by atoms with van der Waals surface area (Å²) in [6.07, 6.45) is 1.34. The second-order valence-corrected chi connectivity index (χ2v) is 4.43. The van der Waals surface area contributed by atoms with Gasteiger partial charge in [0.2, 0.25) is 0 Å². The van der Waals surface area contributed by atoms with Crippen molar-refractivity contribution >= 4 is 6.21 Å². The zero-order valence-corrected chi connectivity index (χ0v) is 11.5. The Morgan fingerprint density at radius 1 is 1.10 bits per heavy atom. The van der Waals surface area contributed by atoms with E-state index < -0.39 is 0 Å². The van der Waals surface area contributed by atoms with Gasteiger partial charge in [-0.2, -0.15) is 0 Å². The van der Waals surface area contributed by atoms with Crippen molar-refractivity contribution in [1.29, 1.82) is 0 Å². The van der Waals surface area contributed by atoms with Crippen molar-refractivity contribution in [3.63, 3.8) is 0 Å². The van der Waals surface area contributed by atoms with Crippen molar-refractivity contribution in [3.05, 3.63) is 59.2 Å². The van der Waals surface area contributed by atoms with Crippen LogP contribution in [0.1, 0.15) is 16.7 Å². The molecular weight excluding hydrogens is 254 g/mol. The summed E-state index contributed by atoms with van der Waals surface area (Å²) in [5.41, 5.74) is 3.06. The first kappa shape index (κ1) is 13.9. The van der Waals surface area contributed by atoms with Crippen LogP contribution in [0.15, 0.2) is 47.6 Å². The zero-order valence-electron chi connectivity index (χ0n) is 11.5. The van der Waals surface area contributed by atoms with Crippen LogP contribution in [0.5, 0.6) is 11.5 Å². The minimum Gasteiger partial charge on any atom is -0.493 e. The van der Waals surface area contributed by atoms with Crippen LogP contribution in [0.4, 0.5) is 0 Å². The average Bonchev–Trinajstić information content (AvgIpc) is 2.47. The summed E-state index contributed by atoms with van der Waals surface area (Å²) in [5.74, 6) is 1.26. The molecule has 0 spiro atoms. The third-order valence-electron chi connectivity index (χ3n) is 2.91. The number of hydrogen-bond acceptors (Lipinski definition) is 4. The van der Waals surface area contributed by atoms with Crippen LogP contribution in [0.3, 0.4) is 0 Å². The van der Waals surface area contributed by atoms with Crippen LogP contribution in [0, 0.1) is 6.92 Å². The highest BCUT2D eigenvalue weighted by atomic mass is 16.5. The van der Waals surface area contributed by atoms with Gasteiger partial charge in [-0.1, -0.05) is 35.0 Å². The highest BCUT2D eigenvalue weighted by Gasteiger charge is 2.05. The maximum Gasteiger partial charge on any atom is 0.161 e. The Labute approximate surface area is 118 Å². The van der Waals surface area contributed by atoms with Gasteiger partial charge in [0.15, 0.2) is 11.5 Å². The molecule has 0 fully saturated rings. The summed E-state index contributed by atoms with van der Waals surface area (Å²) in [5, 5.41) is 11.5. The molecule has 0 radical (unpaired) electrons. The highest BCUT2D eigenvalue weighted by Crippen LogP contribution is 2.28. The summed E-state index contributed by atoms with van der Waals surface area (Å²) in [6.45, 7) is 2.53. The lowest BCUT2D eigenvalue weighted by Crippen LogP contribution is -1.98. The van der Waals surface area contributed by atoms with Crippen molar-refractivity contribution < 1.29 is 14.7 Å². The van der Waals surface area contributed by atoms with Crippen molar-refractivity contribution in [2.75, 3.05) is 7.11 Å². The lowest BCUT2D eigenvalue weighted by atomic mass is 10.2. The summed E-state index contributed by atoms with van der Waals surface area (Å²) in [6, 6.07) is 13.5. The van der Waals surface area contributed by atoms with Gasteiger partial charge in [0.1, 0.15) is 6.61 Å². The molecule has 0 heterocycles. The first-order chi connectivity index (χ1) is 9.72. The number of ether oxygens (including phenoxy) is 2. The van der Waals surface area contributed by atoms with Gasteiger partial charge in [0.05, 0.1) is 13.3 Å². The van der Waals surface area contributed by atoms with E-state index in [0.717, 1.165) is 11.1 Å². The van der Waals surface area contributed by atoms with E-state index in [1.807, 2.05) is 12.1 Å². The molecule has 0 bridgehead atoms. The minimum absolute atomic E-state index is 0.476. The van der Waals surface area contributed by atoms with Crippen LogP contribution in [-0.4, -0.2) is 18.5 Å². The van der Waals surface area contributed by atoms with Gasteiger partial charge in [-0.25, -0.2) is 0 Å². The van der Waals surface area contributed by atoms with Gasteiger partial charge in [-0.3, -0.25) is 0 Å². The predicted octanol–water partition coefficient (Wildman–Crippen LogP) is 3.39. The van der Waals surface area contributed by atoms with E-state index in [1.165, 1.54) is 11.8 Å². The van der Waals surface area contributed by atoms with E-state index in [1.54, 1.807) is 25.3 Å². The van der Waals surface area contributed by atoms with Crippen LogP contribution in [0.2, 0.25) is 0 Å². The fraction of sp³-hybridized carbons (Fsp3) is 0.188. The summed E-state index contributed by atoms with van der Waals surface area (Å²) >= 11 is 0. The Kier molecular flexibility index (Phi) is 4.60. The van der Waals surface area contributed by atoms with Gasteiger partial charge in [-0.15, -0.1) is 0 Å². The van der Waals surface area contributed by atoms with Crippen molar-refractivity contribution in [3.8, 4) is 11.5 Å². The lowest BCUT2D eigenvalue weighted by molar-refractivity contribution is 0.284. The van der Waals surface area contributed by atoms with Crippen LogP contribution >= 0.6 is 0 Å². The Morgan fingerprint density at radius 2 is 1.85 bits per heavy atom. The first-order valence-electron chi connectivity index (χ1n) is 6.27. The third kappa shape index (κ3) is 3.51. The molecule has 4 heteroatoms. The normalized spacial score (nSPS) is 10.7. The molecule has 0 aliphatic rings. The van der Waals surface area contributed by atoms with E-state index in [-0.39, 0.29) is 0 Å². The fourth-order valence-corrected chi connectivity index (χ4v) is 1.80. The number of aryl methyl sites for hydroxylation is 1. The molecule has 2 aromatic carbocycles. The van der Waals surface area contributed by atoms with Crippen LogP contribution in [0.25, 0.3) is 0 Å². The zero-order chi connectivity index (χ0) is 14.4. The molecule has 0 saturated heterocycles. The first-order valence-corrected chi connectivity index (χ1v) is 6.27. The monoisotopic (exact) mass is 271 g/mol. The smallest absolute Gasteiger partial charge is 0.161 e. The SMILES string of the molecule is COc1cc(/C=N\O)ccc1OCc1ccc(C)cc1. The second-order valence-electron chi connectivity index (χ2n) is 4.43. The van der Waals surface area contributed by atoms with Crippen molar-refractivity contribution in [2.24, 2.45) is 5.16 Å². The molecular formula is C16H17NO3. The molecule has 0 aliphatic heterocycles. The van der Waals surface area contributed by atoms with E-state index in [9.17, 15) is 0 Å². The van der Waals surface area contributed by atoms with Gasteiger partial charge >= 0.3 is 0 Å². The van der Waals surface area contributed by atoms with Crippen LogP contribution in [-0.2, 0) is 6.61 Å². The number of rotatable bonds is 5. The fourth-order valence-electron chi connectivity index (χ4n) is 1.80. The maximum absolute atomic E-state index is 8.52. The van der Waals surface area contributed by atoms with Crippen molar-refractivity contribution in [1.82, 2.24) is 0 Å². The largest absolute Gasteiger partial charge is 0.493 e. The van der Waals surface area contributed by atoms with Gasteiger partial charge in [0, 0.05) is 5.56 Å². The van der Waals surface area contributed by atoms with E-state index in [4.69, 9.17) is 14.7 Å². The second kappa shape index (κ2) is 6.61. The molecule has 4 nitrogen and oxygen atoms in total. The molecule has 0 aromatic heterocycles. The van der Waals surface area contributed by atoms with E-state index in [0.29, 0.717) is 18.1 Å². The molecule has 20 heavy (non-hydrogen) atoms. The Bertz CT molecular complexity index is 591. The molecule has 0 aliphatic carbocycles. The molecule has 0 amide bonds. The summed E-state index contributed by atoms with van der Waals surface area (Å²) < 4.78 is 11.0. The summed E-state index contributed by atoms with van der Waals surface area (Å²) in [4.78, 5) is 0. The molecule has 0 unspecified atom stereocenters. The quantitative estimate of drug-likeness (QED) is 0.515. The average molecular weight is 271 g/mol. The number of hydrogen-bond donors (Lipinski definition) is 1. The molecule has 0 saturated carbocycles. The number of methoxy groups -OCH3 is 1. The molecule has 104 valence electrons. The predicted molar refractivity (Wildman–Crippen MR) is 77.9 cm³/mol. The van der Waals surface area contributed by atoms with Gasteiger partial charge in [-0.05, 0) is 30.7 Å². The molecule has 2 rings (SSSR count). The Balaban J connectivity index is 2.10. The molecule has 2 aromatic rings. The lowest BCUT2D eigenvalue weighted by Gasteiger charge is -2.11.